The highest BCUT2D eigenvalue weighted by Crippen LogP contribution is 2.34. The van der Waals surface area contributed by atoms with Crippen molar-refractivity contribution < 1.29 is 23.1 Å². The quantitative estimate of drug-likeness (QED) is 0.756. The van der Waals surface area contributed by atoms with Gasteiger partial charge in [-0.1, -0.05) is 36.4 Å². The Balaban J connectivity index is 1.73. The molecule has 2 aliphatic rings. The maximum Gasteiger partial charge on any atom is 0.325 e. The summed E-state index contributed by atoms with van der Waals surface area (Å²) in [5, 5.41) is 14.6. The lowest BCUT2D eigenvalue weighted by atomic mass is 9.90. The van der Waals surface area contributed by atoms with E-state index < -0.39 is 51.0 Å². The SMILES string of the molecule is C[C@]1(c2ccc3ccccc3c2)NC(=O)N([C@@H]2CS(=O)(=O)C[C@@H]2O)C1=O. The predicted molar refractivity (Wildman–Crippen MR) is 95.1 cm³/mol. The van der Waals surface area contributed by atoms with Crippen LogP contribution >= 0.6 is 0 Å². The number of sulfone groups is 1. The van der Waals surface area contributed by atoms with Crippen molar-refractivity contribution in [2.24, 2.45) is 0 Å². The standard InChI is InChI=1S/C18H18N2O5S/c1-18(13-7-6-11-4-2-3-5-12(11)8-13)16(22)20(17(23)19-18)14-9-26(24,25)10-15(14)21/h2-8,14-15,21H,9-10H2,1H3,(H,19,23)/t14-,15+,18-/m1/s1. The first kappa shape index (κ1) is 17.0. The van der Waals surface area contributed by atoms with Crippen LogP contribution in [0.2, 0.25) is 0 Å². The lowest BCUT2D eigenvalue weighted by Crippen LogP contribution is -2.48. The van der Waals surface area contributed by atoms with E-state index in [0.29, 0.717) is 5.56 Å². The second kappa shape index (κ2) is 5.52. The van der Waals surface area contributed by atoms with Crippen molar-refractivity contribution in [2.45, 2.75) is 24.6 Å². The monoisotopic (exact) mass is 374 g/mol. The number of fused-ring (bicyclic) bond motifs is 1. The molecular formula is C18H18N2O5S. The fourth-order valence-electron chi connectivity index (χ4n) is 3.72. The van der Waals surface area contributed by atoms with Crippen LogP contribution in [0, 0.1) is 0 Å². The summed E-state index contributed by atoms with van der Waals surface area (Å²) in [6.45, 7) is 1.59. The van der Waals surface area contributed by atoms with E-state index in [1.165, 1.54) is 0 Å². The molecule has 2 aromatic carbocycles. The van der Waals surface area contributed by atoms with Crippen LogP contribution in [-0.4, -0.2) is 54.0 Å². The van der Waals surface area contributed by atoms with Crippen LogP contribution in [-0.2, 0) is 20.2 Å². The Kier molecular flexibility index (Phi) is 3.61. The fraction of sp³-hybridized carbons (Fsp3) is 0.333. The maximum absolute atomic E-state index is 13.1. The summed E-state index contributed by atoms with van der Waals surface area (Å²) in [6.07, 6.45) is -1.27. The molecule has 2 heterocycles. The molecule has 0 aliphatic carbocycles. The van der Waals surface area contributed by atoms with Gasteiger partial charge in [-0.2, -0.15) is 0 Å². The largest absolute Gasteiger partial charge is 0.390 e. The topological polar surface area (TPSA) is 104 Å². The molecule has 0 bridgehead atoms. The smallest absolute Gasteiger partial charge is 0.325 e. The van der Waals surface area contributed by atoms with Gasteiger partial charge in [0.15, 0.2) is 9.84 Å². The molecule has 7 nitrogen and oxygen atoms in total. The van der Waals surface area contributed by atoms with Gasteiger partial charge >= 0.3 is 6.03 Å². The highest BCUT2D eigenvalue weighted by molar-refractivity contribution is 7.91. The Morgan fingerprint density at radius 3 is 2.46 bits per heavy atom. The number of urea groups is 1. The van der Waals surface area contributed by atoms with Gasteiger partial charge in [0.25, 0.3) is 5.91 Å². The third kappa shape index (κ3) is 2.48. The molecule has 0 saturated carbocycles. The minimum Gasteiger partial charge on any atom is -0.390 e. The first-order valence-corrected chi connectivity index (χ1v) is 10.1. The molecule has 136 valence electrons. The number of aliphatic hydroxyl groups excluding tert-OH is 1. The molecule has 4 rings (SSSR count). The van der Waals surface area contributed by atoms with E-state index in [0.717, 1.165) is 15.7 Å². The highest BCUT2D eigenvalue weighted by atomic mass is 32.2. The number of hydrogen-bond acceptors (Lipinski definition) is 5. The zero-order valence-corrected chi connectivity index (χ0v) is 14.9. The predicted octanol–water partition coefficient (Wildman–Crippen LogP) is 0.765. The van der Waals surface area contributed by atoms with E-state index in [1.807, 2.05) is 36.4 Å². The zero-order chi connectivity index (χ0) is 18.7. The first-order valence-electron chi connectivity index (χ1n) is 8.25. The Labute approximate surface area is 150 Å². The van der Waals surface area contributed by atoms with Gasteiger partial charge in [-0.25, -0.2) is 13.2 Å². The van der Waals surface area contributed by atoms with Gasteiger partial charge < -0.3 is 10.4 Å². The van der Waals surface area contributed by atoms with Crippen LogP contribution in [0.1, 0.15) is 12.5 Å². The second-order valence-electron chi connectivity index (χ2n) is 7.00. The Morgan fingerprint density at radius 1 is 1.12 bits per heavy atom. The number of nitrogens with zero attached hydrogens (tertiary/aromatic N) is 1. The summed E-state index contributed by atoms with van der Waals surface area (Å²) in [4.78, 5) is 26.4. The van der Waals surface area contributed by atoms with Crippen molar-refractivity contribution in [3.05, 3.63) is 48.0 Å². The zero-order valence-electron chi connectivity index (χ0n) is 14.0. The van der Waals surface area contributed by atoms with E-state index >= 15 is 0 Å². The number of benzene rings is 2. The van der Waals surface area contributed by atoms with E-state index in [1.54, 1.807) is 13.0 Å². The van der Waals surface area contributed by atoms with E-state index in [9.17, 15) is 23.1 Å². The Morgan fingerprint density at radius 2 is 1.81 bits per heavy atom. The molecule has 2 aliphatic heterocycles. The van der Waals surface area contributed by atoms with Crippen LogP contribution in [0.5, 0.6) is 0 Å². The first-order chi connectivity index (χ1) is 12.2. The molecule has 2 N–H and O–H groups in total. The van der Waals surface area contributed by atoms with E-state index in [-0.39, 0.29) is 0 Å². The number of carbonyl (C=O) groups excluding carboxylic acids is 2. The molecule has 0 unspecified atom stereocenters. The fourth-order valence-corrected chi connectivity index (χ4v) is 5.49. The molecule has 0 spiro atoms. The number of imide groups is 1. The number of amides is 3. The molecule has 2 aromatic rings. The van der Waals surface area contributed by atoms with Crippen molar-refractivity contribution in [2.75, 3.05) is 11.5 Å². The van der Waals surface area contributed by atoms with Crippen molar-refractivity contribution in [3.63, 3.8) is 0 Å². The van der Waals surface area contributed by atoms with Gasteiger partial charge in [0.2, 0.25) is 0 Å². The highest BCUT2D eigenvalue weighted by Gasteiger charge is 2.55. The lowest BCUT2D eigenvalue weighted by molar-refractivity contribution is -0.133. The normalized spacial score (nSPS) is 30.8. The van der Waals surface area contributed by atoms with Crippen LogP contribution in [0.15, 0.2) is 42.5 Å². The van der Waals surface area contributed by atoms with Gasteiger partial charge in [-0.15, -0.1) is 0 Å². The lowest BCUT2D eigenvalue weighted by Gasteiger charge is -2.26. The summed E-state index contributed by atoms with van der Waals surface area (Å²) in [5.41, 5.74) is -0.708. The molecular weight excluding hydrogens is 356 g/mol. The molecule has 3 amide bonds. The van der Waals surface area contributed by atoms with Crippen molar-refractivity contribution in [1.29, 1.82) is 0 Å². The van der Waals surface area contributed by atoms with Crippen LogP contribution in [0.4, 0.5) is 4.79 Å². The number of hydrogen-bond donors (Lipinski definition) is 2. The molecule has 26 heavy (non-hydrogen) atoms. The summed E-state index contributed by atoms with van der Waals surface area (Å²) in [7, 11) is -3.48. The third-order valence-electron chi connectivity index (χ3n) is 5.17. The van der Waals surface area contributed by atoms with Gasteiger partial charge in [-0.05, 0) is 29.3 Å². The van der Waals surface area contributed by atoms with Gasteiger partial charge in [0.1, 0.15) is 5.54 Å². The number of rotatable bonds is 2. The van der Waals surface area contributed by atoms with E-state index in [4.69, 9.17) is 0 Å². The Hall–Kier alpha value is -2.45. The second-order valence-corrected chi connectivity index (χ2v) is 9.16. The Bertz CT molecular complexity index is 1030. The van der Waals surface area contributed by atoms with Crippen molar-refractivity contribution in [3.8, 4) is 0 Å². The molecule has 0 radical (unpaired) electrons. The number of carbonyl (C=O) groups is 2. The third-order valence-corrected chi connectivity index (χ3v) is 6.87. The minimum atomic E-state index is -3.48. The molecule has 2 saturated heterocycles. The van der Waals surface area contributed by atoms with Gasteiger partial charge in [0.05, 0.1) is 23.7 Å². The minimum absolute atomic E-state index is 0.416. The molecule has 3 atom stereocenters. The number of aliphatic hydroxyl groups is 1. The van der Waals surface area contributed by atoms with Crippen molar-refractivity contribution >= 4 is 32.5 Å². The van der Waals surface area contributed by atoms with Crippen LogP contribution in [0.25, 0.3) is 10.8 Å². The van der Waals surface area contributed by atoms with E-state index in [2.05, 4.69) is 5.32 Å². The summed E-state index contributed by atoms with van der Waals surface area (Å²) in [6, 6.07) is 11.4. The summed E-state index contributed by atoms with van der Waals surface area (Å²) in [5.74, 6) is -1.42. The summed E-state index contributed by atoms with van der Waals surface area (Å²) < 4.78 is 23.5. The van der Waals surface area contributed by atoms with Gasteiger partial charge in [0, 0.05) is 0 Å². The van der Waals surface area contributed by atoms with Crippen molar-refractivity contribution in [1.82, 2.24) is 10.2 Å². The molecule has 0 aromatic heterocycles. The molecule has 8 heteroatoms. The average Bonchev–Trinajstić information content (AvgIpc) is 2.98. The maximum atomic E-state index is 13.1. The molecule has 2 fully saturated rings. The van der Waals surface area contributed by atoms with Crippen LogP contribution < -0.4 is 5.32 Å². The van der Waals surface area contributed by atoms with Crippen LogP contribution in [0.3, 0.4) is 0 Å². The summed E-state index contributed by atoms with van der Waals surface area (Å²) >= 11 is 0. The number of nitrogens with one attached hydrogen (secondary N) is 1. The average molecular weight is 374 g/mol. The van der Waals surface area contributed by atoms with Gasteiger partial charge in [-0.3, -0.25) is 9.69 Å².